The molecule has 0 bridgehead atoms. The zero-order valence-corrected chi connectivity index (χ0v) is 16.9. The highest BCUT2D eigenvalue weighted by Crippen LogP contribution is 2.20. The summed E-state index contributed by atoms with van der Waals surface area (Å²) < 4.78 is 26.7. The number of hydrogen-bond acceptors (Lipinski definition) is 3. The van der Waals surface area contributed by atoms with Crippen molar-refractivity contribution in [3.63, 3.8) is 0 Å². The summed E-state index contributed by atoms with van der Waals surface area (Å²) in [4.78, 5) is 12.5. The van der Waals surface area contributed by atoms with Gasteiger partial charge in [-0.3, -0.25) is 9.10 Å². The Morgan fingerprint density at radius 2 is 1.54 bits per heavy atom. The monoisotopic (exact) mass is 397 g/mol. The first-order chi connectivity index (χ1) is 13.3. The molecule has 0 aliphatic rings. The van der Waals surface area contributed by atoms with Gasteiger partial charge >= 0.3 is 10.2 Å². The predicted molar refractivity (Wildman–Crippen MR) is 113 cm³/mol. The molecule has 28 heavy (non-hydrogen) atoms. The lowest BCUT2D eigenvalue weighted by Crippen LogP contribution is -2.37. The number of nitrogens with zero attached hydrogens (tertiary/aromatic N) is 2. The molecule has 0 heterocycles. The van der Waals surface area contributed by atoms with Crippen molar-refractivity contribution in [3.05, 3.63) is 77.9 Å². The van der Waals surface area contributed by atoms with Gasteiger partial charge in [0.25, 0.3) is 5.91 Å². The third kappa shape index (κ3) is 4.00. The molecule has 146 valence electrons. The number of anilines is 1. The maximum absolute atomic E-state index is 12.5. The summed E-state index contributed by atoms with van der Waals surface area (Å²) in [5.41, 5.74) is 2.00. The van der Waals surface area contributed by atoms with Crippen molar-refractivity contribution in [1.82, 2.24) is 9.62 Å². The minimum absolute atomic E-state index is 0.211. The van der Waals surface area contributed by atoms with Gasteiger partial charge in [-0.25, -0.2) is 0 Å². The maximum Gasteiger partial charge on any atom is 0.303 e. The van der Waals surface area contributed by atoms with E-state index in [1.54, 1.807) is 24.3 Å². The Morgan fingerprint density at radius 3 is 2.21 bits per heavy atom. The van der Waals surface area contributed by atoms with Crippen molar-refractivity contribution >= 4 is 32.6 Å². The molecular formula is C21H23N3O3S. The van der Waals surface area contributed by atoms with Crippen LogP contribution in [0.1, 0.15) is 15.9 Å². The second-order valence-electron chi connectivity index (χ2n) is 6.63. The number of amides is 1. The number of hydrogen-bond donors (Lipinski definition) is 1. The largest absolute Gasteiger partial charge is 0.348 e. The van der Waals surface area contributed by atoms with Crippen LogP contribution < -0.4 is 9.62 Å². The Balaban J connectivity index is 1.71. The number of carbonyl (C=O) groups excluding carboxylic acids is 1. The van der Waals surface area contributed by atoms with E-state index in [1.807, 2.05) is 42.5 Å². The highest BCUT2D eigenvalue weighted by Gasteiger charge is 2.21. The second kappa shape index (κ2) is 8.00. The van der Waals surface area contributed by atoms with E-state index < -0.39 is 10.2 Å². The second-order valence-corrected chi connectivity index (χ2v) is 8.80. The molecule has 0 fully saturated rings. The summed E-state index contributed by atoms with van der Waals surface area (Å²) in [5.74, 6) is -0.211. The topological polar surface area (TPSA) is 69.7 Å². The Bertz CT molecular complexity index is 1090. The van der Waals surface area contributed by atoms with Gasteiger partial charge in [0.05, 0.1) is 5.69 Å². The Kier molecular flexibility index (Phi) is 5.67. The van der Waals surface area contributed by atoms with E-state index in [0.717, 1.165) is 20.6 Å². The van der Waals surface area contributed by atoms with Crippen molar-refractivity contribution < 1.29 is 13.2 Å². The first kappa shape index (κ1) is 19.9. The molecule has 0 spiro atoms. The van der Waals surface area contributed by atoms with Gasteiger partial charge in [0.1, 0.15) is 0 Å². The fourth-order valence-corrected chi connectivity index (χ4v) is 3.80. The summed E-state index contributed by atoms with van der Waals surface area (Å²) in [7, 11) is 0.859. The SMILES string of the molecule is CN(C)S(=O)(=O)N(C)c1ccc(C(=O)NCc2cccc3ccccc23)cc1. The molecule has 0 saturated carbocycles. The lowest BCUT2D eigenvalue weighted by Gasteiger charge is -2.23. The van der Waals surface area contributed by atoms with E-state index in [9.17, 15) is 13.2 Å². The van der Waals surface area contributed by atoms with Gasteiger partial charge in [-0.15, -0.1) is 0 Å². The molecule has 1 amide bonds. The third-order valence-electron chi connectivity index (χ3n) is 4.62. The smallest absolute Gasteiger partial charge is 0.303 e. The summed E-state index contributed by atoms with van der Waals surface area (Å²) in [6.07, 6.45) is 0. The summed E-state index contributed by atoms with van der Waals surface area (Å²) in [6.45, 7) is 0.414. The van der Waals surface area contributed by atoms with Gasteiger partial charge in [-0.2, -0.15) is 12.7 Å². The van der Waals surface area contributed by atoms with Crippen LogP contribution in [-0.4, -0.2) is 39.8 Å². The molecule has 0 unspecified atom stereocenters. The van der Waals surface area contributed by atoms with E-state index in [-0.39, 0.29) is 5.91 Å². The van der Waals surface area contributed by atoms with Gasteiger partial charge in [-0.1, -0.05) is 42.5 Å². The third-order valence-corrected chi connectivity index (χ3v) is 6.45. The van der Waals surface area contributed by atoms with Crippen molar-refractivity contribution in [1.29, 1.82) is 0 Å². The summed E-state index contributed by atoms with van der Waals surface area (Å²) >= 11 is 0. The zero-order valence-electron chi connectivity index (χ0n) is 16.1. The first-order valence-electron chi connectivity index (χ1n) is 8.82. The van der Waals surface area contributed by atoms with Crippen LogP contribution in [0.15, 0.2) is 66.7 Å². The Hall–Kier alpha value is -2.90. The molecule has 0 aliphatic heterocycles. The molecule has 3 aromatic carbocycles. The lowest BCUT2D eigenvalue weighted by molar-refractivity contribution is 0.0951. The quantitative estimate of drug-likeness (QED) is 0.695. The number of carbonyl (C=O) groups is 1. The number of rotatable bonds is 6. The normalized spacial score (nSPS) is 11.6. The van der Waals surface area contributed by atoms with Crippen molar-refractivity contribution in [2.75, 3.05) is 25.4 Å². The molecule has 1 N–H and O–H groups in total. The Morgan fingerprint density at radius 1 is 0.893 bits per heavy atom. The van der Waals surface area contributed by atoms with Crippen LogP contribution in [0.5, 0.6) is 0 Å². The minimum atomic E-state index is -3.56. The predicted octanol–water partition coefficient (Wildman–Crippen LogP) is 3.01. The molecule has 3 rings (SSSR count). The standard InChI is InChI=1S/C21H23N3O3S/c1-23(2)28(26,27)24(3)19-13-11-17(12-14-19)21(25)22-15-18-9-6-8-16-7-4-5-10-20(16)18/h4-14H,15H2,1-3H3,(H,22,25). The Labute approximate surface area is 165 Å². The van der Waals surface area contributed by atoms with Crippen molar-refractivity contribution in [2.24, 2.45) is 0 Å². The molecule has 0 aromatic heterocycles. The van der Waals surface area contributed by atoms with Crippen molar-refractivity contribution in [2.45, 2.75) is 6.54 Å². The van der Waals surface area contributed by atoms with Crippen LogP contribution in [0, 0.1) is 0 Å². The summed E-state index contributed by atoms with van der Waals surface area (Å²) in [6, 6.07) is 20.5. The highest BCUT2D eigenvalue weighted by molar-refractivity contribution is 7.90. The minimum Gasteiger partial charge on any atom is -0.348 e. The van der Waals surface area contributed by atoms with Gasteiger partial charge in [-0.05, 0) is 40.6 Å². The maximum atomic E-state index is 12.5. The average Bonchev–Trinajstić information content (AvgIpc) is 2.71. The van der Waals surface area contributed by atoms with E-state index in [1.165, 1.54) is 25.4 Å². The highest BCUT2D eigenvalue weighted by atomic mass is 32.2. The molecule has 0 saturated heterocycles. The first-order valence-corrected chi connectivity index (χ1v) is 10.2. The number of fused-ring (bicyclic) bond motifs is 1. The molecule has 6 nitrogen and oxygen atoms in total. The van der Waals surface area contributed by atoms with Gasteiger partial charge in [0.15, 0.2) is 0 Å². The molecule has 7 heteroatoms. The molecule has 0 aliphatic carbocycles. The zero-order chi connectivity index (χ0) is 20.3. The van der Waals surface area contributed by atoms with E-state index in [0.29, 0.717) is 17.8 Å². The van der Waals surface area contributed by atoms with Crippen LogP contribution >= 0.6 is 0 Å². The van der Waals surface area contributed by atoms with Crippen LogP contribution in [0.4, 0.5) is 5.69 Å². The van der Waals surface area contributed by atoms with E-state index >= 15 is 0 Å². The average molecular weight is 398 g/mol. The van der Waals surface area contributed by atoms with Crippen molar-refractivity contribution in [3.8, 4) is 0 Å². The van der Waals surface area contributed by atoms with Crippen LogP contribution in [-0.2, 0) is 16.8 Å². The molecular weight excluding hydrogens is 374 g/mol. The van der Waals surface area contributed by atoms with Gasteiger partial charge < -0.3 is 5.32 Å². The number of nitrogens with one attached hydrogen (secondary N) is 1. The fraction of sp³-hybridized carbons (Fsp3) is 0.190. The van der Waals surface area contributed by atoms with Gasteiger partial charge in [0, 0.05) is 33.3 Å². The summed E-state index contributed by atoms with van der Waals surface area (Å²) in [5, 5.41) is 5.16. The molecule has 0 radical (unpaired) electrons. The van der Waals surface area contributed by atoms with Gasteiger partial charge in [0.2, 0.25) is 0 Å². The van der Waals surface area contributed by atoms with Crippen LogP contribution in [0.3, 0.4) is 0 Å². The molecule has 0 atom stereocenters. The number of benzene rings is 3. The lowest BCUT2D eigenvalue weighted by atomic mass is 10.0. The van der Waals surface area contributed by atoms with Crippen LogP contribution in [0.2, 0.25) is 0 Å². The molecule has 3 aromatic rings. The van der Waals surface area contributed by atoms with Crippen LogP contribution in [0.25, 0.3) is 10.8 Å². The fourth-order valence-electron chi connectivity index (χ4n) is 2.93. The van der Waals surface area contributed by atoms with E-state index in [4.69, 9.17) is 0 Å². The van der Waals surface area contributed by atoms with E-state index in [2.05, 4.69) is 5.32 Å².